The number of ether oxygens (including phenoxy) is 2. The zero-order valence-electron chi connectivity index (χ0n) is 14.8. The van der Waals surface area contributed by atoms with E-state index in [9.17, 15) is 4.79 Å². The van der Waals surface area contributed by atoms with Gasteiger partial charge in [0.05, 0.1) is 6.61 Å². The molecule has 3 N–H and O–H groups in total. The first-order valence-corrected chi connectivity index (χ1v) is 9.06. The summed E-state index contributed by atoms with van der Waals surface area (Å²) in [4.78, 5) is 10.3. The number of carbonyl (C=O) groups is 1. The molecule has 0 amide bonds. The first kappa shape index (κ1) is 22.3. The Morgan fingerprint density at radius 2 is 1.43 bits per heavy atom. The van der Waals surface area contributed by atoms with Crippen LogP contribution in [0.2, 0.25) is 0 Å². The molecule has 0 atom stereocenters. The normalized spacial score (nSPS) is 11.0. The molecule has 0 spiro atoms. The number of unbranched alkanes of at least 4 members (excludes halogenated alkanes) is 6. The number of carboxylic acids is 1. The van der Waals surface area contributed by atoms with Gasteiger partial charge in [0.1, 0.15) is 6.79 Å². The fourth-order valence-corrected chi connectivity index (χ4v) is 2.16. The number of nitrogens with one attached hydrogen (secondary N) is 2. The van der Waals surface area contributed by atoms with Crippen molar-refractivity contribution in [1.29, 1.82) is 0 Å². The van der Waals surface area contributed by atoms with Gasteiger partial charge in [-0.1, -0.05) is 39.0 Å². The van der Waals surface area contributed by atoms with Crippen LogP contribution in [-0.4, -0.2) is 57.3 Å². The molecule has 6 heteroatoms. The molecule has 0 aliphatic rings. The predicted molar refractivity (Wildman–Crippen MR) is 92.8 cm³/mol. The van der Waals surface area contributed by atoms with Crippen LogP contribution in [0.25, 0.3) is 0 Å². The zero-order chi connectivity index (χ0) is 17.0. The summed E-state index contributed by atoms with van der Waals surface area (Å²) in [5.74, 6) is -0.686. The van der Waals surface area contributed by atoms with Crippen LogP contribution in [-0.2, 0) is 14.3 Å². The summed E-state index contributed by atoms with van der Waals surface area (Å²) in [5, 5.41) is 15.1. The monoisotopic (exact) mass is 332 g/mol. The van der Waals surface area contributed by atoms with Gasteiger partial charge in [-0.25, -0.2) is 0 Å². The third-order valence-corrected chi connectivity index (χ3v) is 3.50. The van der Waals surface area contributed by atoms with E-state index in [1.165, 1.54) is 19.3 Å². The molecule has 0 radical (unpaired) electrons. The molecule has 138 valence electrons. The Kier molecular flexibility index (Phi) is 18.8. The van der Waals surface area contributed by atoms with Gasteiger partial charge in [0.2, 0.25) is 0 Å². The average molecular weight is 332 g/mol. The molecule has 0 saturated heterocycles. The van der Waals surface area contributed by atoms with Crippen molar-refractivity contribution in [1.82, 2.24) is 10.6 Å². The molecule has 0 heterocycles. The van der Waals surface area contributed by atoms with Gasteiger partial charge >= 0.3 is 5.97 Å². The minimum absolute atomic E-state index is 0.305. The summed E-state index contributed by atoms with van der Waals surface area (Å²) in [6.07, 6.45) is 7.90. The fraction of sp³-hybridized carbons (Fsp3) is 0.941. The lowest BCUT2D eigenvalue weighted by molar-refractivity contribution is -0.137. The third kappa shape index (κ3) is 21.3. The quantitative estimate of drug-likeness (QED) is 0.249. The maximum atomic E-state index is 10.3. The Labute approximate surface area is 141 Å². The highest BCUT2D eigenvalue weighted by Gasteiger charge is 1.97. The Bertz CT molecular complexity index is 253. The SMILES string of the molecule is CCNCCNCCOCOCCCCCCCCCC(=O)O. The molecular weight excluding hydrogens is 296 g/mol. The van der Waals surface area contributed by atoms with Crippen LogP contribution in [0.4, 0.5) is 0 Å². The minimum atomic E-state index is -0.686. The number of likely N-dealkylation sites (N-methyl/N-ethyl adjacent to an activating group) is 1. The molecule has 6 nitrogen and oxygen atoms in total. The van der Waals surface area contributed by atoms with E-state index in [-0.39, 0.29) is 0 Å². The average Bonchev–Trinajstić information content (AvgIpc) is 2.53. The van der Waals surface area contributed by atoms with E-state index in [0.717, 1.165) is 58.5 Å². The van der Waals surface area contributed by atoms with E-state index in [1.54, 1.807) is 0 Å². The van der Waals surface area contributed by atoms with Crippen LogP contribution >= 0.6 is 0 Å². The second kappa shape index (κ2) is 19.4. The predicted octanol–water partition coefficient (Wildman–Crippen LogP) is 2.38. The Balaban J connectivity index is 2.96. The first-order valence-electron chi connectivity index (χ1n) is 9.06. The molecule has 0 fully saturated rings. The van der Waals surface area contributed by atoms with Crippen LogP contribution in [0.15, 0.2) is 0 Å². The lowest BCUT2D eigenvalue weighted by atomic mass is 10.1. The highest BCUT2D eigenvalue weighted by Crippen LogP contribution is 2.08. The summed E-state index contributed by atoms with van der Waals surface area (Å²) in [5.41, 5.74) is 0. The highest BCUT2D eigenvalue weighted by molar-refractivity contribution is 5.66. The summed E-state index contributed by atoms with van der Waals surface area (Å²) in [7, 11) is 0. The maximum Gasteiger partial charge on any atom is 0.303 e. The Morgan fingerprint density at radius 1 is 0.826 bits per heavy atom. The Morgan fingerprint density at radius 3 is 2.13 bits per heavy atom. The van der Waals surface area contributed by atoms with Crippen molar-refractivity contribution in [3.63, 3.8) is 0 Å². The third-order valence-electron chi connectivity index (χ3n) is 3.50. The van der Waals surface area contributed by atoms with Gasteiger partial charge < -0.3 is 25.2 Å². The van der Waals surface area contributed by atoms with E-state index < -0.39 is 5.97 Å². The molecule has 0 rings (SSSR count). The van der Waals surface area contributed by atoms with Crippen molar-refractivity contribution in [3.8, 4) is 0 Å². The van der Waals surface area contributed by atoms with E-state index in [1.807, 2.05) is 0 Å². The number of hydrogen-bond acceptors (Lipinski definition) is 5. The second-order valence-corrected chi connectivity index (χ2v) is 5.66. The molecule has 0 saturated carbocycles. The number of hydrogen-bond donors (Lipinski definition) is 3. The first-order chi connectivity index (χ1) is 11.3. The smallest absolute Gasteiger partial charge is 0.303 e. The Hall–Kier alpha value is -0.690. The second-order valence-electron chi connectivity index (χ2n) is 5.66. The van der Waals surface area contributed by atoms with Crippen LogP contribution in [0, 0.1) is 0 Å². The number of carboxylic acid groups (broad SMARTS) is 1. The van der Waals surface area contributed by atoms with Crippen LogP contribution in [0.1, 0.15) is 58.3 Å². The molecule has 23 heavy (non-hydrogen) atoms. The minimum Gasteiger partial charge on any atom is -0.481 e. The van der Waals surface area contributed by atoms with Gasteiger partial charge in [-0.05, 0) is 19.4 Å². The summed E-state index contributed by atoms with van der Waals surface area (Å²) in [6, 6.07) is 0. The number of rotatable bonds is 19. The zero-order valence-corrected chi connectivity index (χ0v) is 14.8. The summed E-state index contributed by atoms with van der Waals surface area (Å²) < 4.78 is 10.8. The standard InChI is InChI=1S/C17H36N2O4/c1-2-18-11-12-19-13-15-23-16-22-14-9-7-5-3-4-6-8-10-17(20)21/h18-19H,2-16H2,1H3,(H,20,21). The number of aliphatic carboxylic acids is 1. The van der Waals surface area contributed by atoms with Gasteiger partial charge in [-0.3, -0.25) is 4.79 Å². The van der Waals surface area contributed by atoms with Crippen LogP contribution in [0.3, 0.4) is 0 Å². The molecule has 0 aliphatic carbocycles. The molecular formula is C17H36N2O4. The van der Waals surface area contributed by atoms with Gasteiger partial charge in [-0.2, -0.15) is 0 Å². The summed E-state index contributed by atoms with van der Waals surface area (Å²) in [6.45, 7) is 7.75. The largest absolute Gasteiger partial charge is 0.481 e. The van der Waals surface area contributed by atoms with Crippen molar-refractivity contribution < 1.29 is 19.4 Å². The van der Waals surface area contributed by atoms with E-state index in [0.29, 0.717) is 19.8 Å². The fourth-order valence-electron chi connectivity index (χ4n) is 2.16. The van der Waals surface area contributed by atoms with E-state index >= 15 is 0 Å². The molecule has 0 aliphatic heterocycles. The lowest BCUT2D eigenvalue weighted by Crippen LogP contribution is -2.29. The van der Waals surface area contributed by atoms with Gasteiger partial charge in [0.15, 0.2) is 0 Å². The van der Waals surface area contributed by atoms with Crippen molar-refractivity contribution >= 4 is 5.97 Å². The van der Waals surface area contributed by atoms with Crippen LogP contribution in [0.5, 0.6) is 0 Å². The van der Waals surface area contributed by atoms with Crippen molar-refractivity contribution in [2.45, 2.75) is 58.3 Å². The van der Waals surface area contributed by atoms with Crippen molar-refractivity contribution in [2.24, 2.45) is 0 Å². The maximum absolute atomic E-state index is 10.3. The van der Waals surface area contributed by atoms with Gasteiger partial charge in [-0.15, -0.1) is 0 Å². The van der Waals surface area contributed by atoms with Crippen molar-refractivity contribution in [2.75, 3.05) is 46.2 Å². The van der Waals surface area contributed by atoms with E-state index in [4.69, 9.17) is 14.6 Å². The van der Waals surface area contributed by atoms with Gasteiger partial charge in [0.25, 0.3) is 0 Å². The highest BCUT2D eigenvalue weighted by atomic mass is 16.7. The molecule has 0 unspecified atom stereocenters. The summed E-state index contributed by atoms with van der Waals surface area (Å²) >= 11 is 0. The lowest BCUT2D eigenvalue weighted by Gasteiger charge is -2.07. The topological polar surface area (TPSA) is 79.8 Å². The van der Waals surface area contributed by atoms with Crippen molar-refractivity contribution in [3.05, 3.63) is 0 Å². The van der Waals surface area contributed by atoms with E-state index in [2.05, 4.69) is 17.6 Å². The molecule has 0 aromatic rings. The van der Waals surface area contributed by atoms with Gasteiger partial charge in [0, 0.05) is 32.7 Å². The molecule has 0 aromatic carbocycles. The molecule has 0 aromatic heterocycles. The molecule has 0 bridgehead atoms. The van der Waals surface area contributed by atoms with Crippen LogP contribution < -0.4 is 10.6 Å².